The largest absolute Gasteiger partial charge is 0.487 e. The lowest BCUT2D eigenvalue weighted by atomic mass is 10.1. The van der Waals surface area contributed by atoms with Crippen molar-refractivity contribution in [3.05, 3.63) is 75.3 Å². The van der Waals surface area contributed by atoms with E-state index in [1.165, 1.54) is 17.8 Å². The van der Waals surface area contributed by atoms with Crippen LogP contribution in [0.5, 0.6) is 5.75 Å². The van der Waals surface area contributed by atoms with Crippen molar-refractivity contribution >= 4 is 46.0 Å². The van der Waals surface area contributed by atoms with Gasteiger partial charge in [0.2, 0.25) is 0 Å². The number of amides is 1. The number of nitro groups is 1. The maximum Gasteiger partial charge on any atom is 0.311 e. The zero-order chi connectivity index (χ0) is 24.2. The van der Waals surface area contributed by atoms with Gasteiger partial charge >= 0.3 is 5.69 Å². The molecule has 1 fully saturated rings. The predicted molar refractivity (Wildman–Crippen MR) is 137 cm³/mol. The summed E-state index contributed by atoms with van der Waals surface area (Å²) in [4.78, 5) is 26.2. The van der Waals surface area contributed by atoms with E-state index >= 15 is 0 Å². The van der Waals surface area contributed by atoms with Crippen LogP contribution in [0.2, 0.25) is 0 Å². The smallest absolute Gasteiger partial charge is 0.311 e. The van der Waals surface area contributed by atoms with Gasteiger partial charge in [0.15, 0.2) is 5.75 Å². The lowest BCUT2D eigenvalue weighted by Gasteiger charge is -2.11. The Morgan fingerprint density at radius 3 is 2.65 bits per heavy atom. The van der Waals surface area contributed by atoms with Crippen LogP contribution in [0.4, 0.5) is 5.69 Å². The summed E-state index contributed by atoms with van der Waals surface area (Å²) in [7, 11) is 0. The van der Waals surface area contributed by atoms with Crippen molar-refractivity contribution in [2.75, 3.05) is 13.2 Å². The Bertz CT molecular complexity index is 1290. The van der Waals surface area contributed by atoms with Crippen LogP contribution < -0.4 is 4.74 Å². The maximum atomic E-state index is 12.9. The average Bonchev–Trinajstić information content (AvgIpc) is 3.37. The number of ether oxygens (including phenoxy) is 1. The first-order chi connectivity index (χ1) is 16.4. The van der Waals surface area contributed by atoms with Crippen LogP contribution in [0.1, 0.15) is 25.8 Å². The van der Waals surface area contributed by atoms with Crippen LogP contribution >= 0.6 is 24.0 Å². The fourth-order valence-corrected chi connectivity index (χ4v) is 4.87. The molecule has 0 atom stereocenters. The molecule has 0 saturated carbocycles. The first-order valence-electron chi connectivity index (χ1n) is 10.7. The second-order valence-electron chi connectivity index (χ2n) is 7.42. The molecule has 2 heterocycles. The van der Waals surface area contributed by atoms with Crippen LogP contribution in [0.25, 0.3) is 23.0 Å². The number of hydrogen-bond acceptors (Lipinski definition) is 7. The summed E-state index contributed by atoms with van der Waals surface area (Å²) in [6, 6.07) is 14.3. The Morgan fingerprint density at radius 1 is 1.21 bits per heavy atom. The summed E-state index contributed by atoms with van der Waals surface area (Å²) in [5, 5.41) is 16.4. The van der Waals surface area contributed by atoms with Gasteiger partial charge in [-0.15, -0.1) is 0 Å². The summed E-state index contributed by atoms with van der Waals surface area (Å²) in [5.74, 6) is 0.0497. The first-order valence-corrected chi connectivity index (χ1v) is 12.0. The Hall–Kier alpha value is -3.50. The van der Waals surface area contributed by atoms with Crippen LogP contribution in [0, 0.1) is 10.1 Å². The lowest BCUT2D eigenvalue weighted by molar-refractivity contribution is -0.385. The molecule has 1 amide bonds. The fourth-order valence-electron chi connectivity index (χ4n) is 3.57. The molecule has 1 aromatic heterocycles. The van der Waals surface area contributed by atoms with E-state index in [0.29, 0.717) is 39.2 Å². The summed E-state index contributed by atoms with van der Waals surface area (Å²) in [6.45, 7) is 4.63. The summed E-state index contributed by atoms with van der Waals surface area (Å²) in [6.07, 6.45) is 4.35. The van der Waals surface area contributed by atoms with Gasteiger partial charge in [0, 0.05) is 29.9 Å². The second-order valence-corrected chi connectivity index (χ2v) is 9.09. The van der Waals surface area contributed by atoms with Crippen molar-refractivity contribution in [2.24, 2.45) is 0 Å². The molecule has 1 aliphatic rings. The van der Waals surface area contributed by atoms with Crippen molar-refractivity contribution in [2.45, 2.75) is 20.3 Å². The number of rotatable bonds is 8. The number of carbonyl (C=O) groups excluding carboxylic acids is 1. The number of para-hydroxylation sites is 1. The van der Waals surface area contributed by atoms with Crippen LogP contribution in [-0.2, 0) is 4.79 Å². The molecule has 10 heteroatoms. The zero-order valence-electron chi connectivity index (χ0n) is 18.6. The standard InChI is InChI=1S/C24H22N4O4S2/c1-3-12-26-23(29)21(34-24(26)33)14-17-15-27(18-8-6-5-7-9-18)25-22(17)16-10-11-20(32-4-2)19(13-16)28(30)31/h5-11,13-15H,3-4,12H2,1-2H3/b21-14+. The van der Waals surface area contributed by atoms with E-state index in [2.05, 4.69) is 0 Å². The average molecular weight is 495 g/mol. The van der Waals surface area contributed by atoms with E-state index in [0.717, 1.165) is 12.1 Å². The number of thioether (sulfide) groups is 1. The number of aromatic nitrogens is 2. The highest BCUT2D eigenvalue weighted by Crippen LogP contribution is 2.37. The summed E-state index contributed by atoms with van der Waals surface area (Å²) < 4.78 is 7.63. The van der Waals surface area contributed by atoms with Crippen LogP contribution in [0.3, 0.4) is 0 Å². The van der Waals surface area contributed by atoms with Gasteiger partial charge in [-0.05, 0) is 43.7 Å². The Morgan fingerprint density at radius 2 is 1.97 bits per heavy atom. The first kappa shape index (κ1) is 23.7. The van der Waals surface area contributed by atoms with Gasteiger partial charge in [-0.2, -0.15) is 5.10 Å². The normalized spacial score (nSPS) is 14.8. The second kappa shape index (κ2) is 10.2. The Labute approximate surface area is 206 Å². The summed E-state index contributed by atoms with van der Waals surface area (Å²) >= 11 is 6.63. The molecule has 3 aromatic rings. The number of carbonyl (C=O) groups is 1. The minimum Gasteiger partial charge on any atom is -0.487 e. The number of nitrogens with zero attached hydrogens (tertiary/aromatic N) is 4. The molecule has 8 nitrogen and oxygen atoms in total. The molecular formula is C24H22N4O4S2. The SMILES string of the molecule is CCCN1C(=O)/C(=C\c2cn(-c3ccccc3)nc2-c2ccc(OCC)c([N+](=O)[O-])c2)SC1=S. The fraction of sp³-hybridized carbons (Fsp3) is 0.208. The van der Waals surface area contributed by atoms with Gasteiger partial charge in [-0.1, -0.05) is 49.1 Å². The molecule has 1 aliphatic heterocycles. The molecule has 0 bridgehead atoms. The molecule has 34 heavy (non-hydrogen) atoms. The van der Waals surface area contributed by atoms with Gasteiger partial charge in [0.1, 0.15) is 10.0 Å². The van der Waals surface area contributed by atoms with Crippen LogP contribution in [0.15, 0.2) is 59.6 Å². The van der Waals surface area contributed by atoms with Gasteiger partial charge < -0.3 is 4.74 Å². The molecule has 0 radical (unpaired) electrons. The molecule has 174 valence electrons. The number of benzene rings is 2. The molecule has 0 unspecified atom stereocenters. The molecule has 0 spiro atoms. The lowest BCUT2D eigenvalue weighted by Crippen LogP contribution is -2.28. The zero-order valence-corrected chi connectivity index (χ0v) is 20.3. The molecule has 0 aliphatic carbocycles. The van der Waals surface area contributed by atoms with Crippen molar-refractivity contribution in [3.63, 3.8) is 0 Å². The van der Waals surface area contributed by atoms with E-state index in [1.54, 1.807) is 40.9 Å². The van der Waals surface area contributed by atoms with Crippen molar-refractivity contribution in [3.8, 4) is 22.7 Å². The molecule has 4 rings (SSSR count). The Balaban J connectivity index is 1.84. The monoisotopic (exact) mass is 494 g/mol. The number of nitro benzene ring substituents is 1. The molecule has 1 saturated heterocycles. The number of thiocarbonyl (C=S) groups is 1. The van der Waals surface area contributed by atoms with Gasteiger partial charge in [-0.25, -0.2) is 4.68 Å². The van der Waals surface area contributed by atoms with E-state index in [1.807, 2.05) is 37.3 Å². The predicted octanol–water partition coefficient (Wildman–Crippen LogP) is 5.46. The quantitative estimate of drug-likeness (QED) is 0.178. The molecule has 0 N–H and O–H groups in total. The topological polar surface area (TPSA) is 90.5 Å². The van der Waals surface area contributed by atoms with E-state index in [9.17, 15) is 14.9 Å². The van der Waals surface area contributed by atoms with Crippen molar-refractivity contribution < 1.29 is 14.5 Å². The number of hydrogen-bond donors (Lipinski definition) is 0. The van der Waals surface area contributed by atoms with E-state index in [-0.39, 0.29) is 17.3 Å². The van der Waals surface area contributed by atoms with Gasteiger partial charge in [-0.3, -0.25) is 19.8 Å². The van der Waals surface area contributed by atoms with Gasteiger partial charge in [0.05, 0.1) is 22.1 Å². The maximum absolute atomic E-state index is 12.9. The highest BCUT2D eigenvalue weighted by atomic mass is 32.2. The van der Waals surface area contributed by atoms with Crippen molar-refractivity contribution in [1.29, 1.82) is 0 Å². The van der Waals surface area contributed by atoms with Gasteiger partial charge in [0.25, 0.3) is 5.91 Å². The minimum absolute atomic E-state index is 0.145. The third-order valence-electron chi connectivity index (χ3n) is 5.10. The Kier molecular flexibility index (Phi) is 7.09. The highest BCUT2D eigenvalue weighted by Gasteiger charge is 2.32. The highest BCUT2D eigenvalue weighted by molar-refractivity contribution is 8.26. The summed E-state index contributed by atoms with van der Waals surface area (Å²) in [5.41, 5.74) is 2.38. The van der Waals surface area contributed by atoms with Crippen molar-refractivity contribution in [1.82, 2.24) is 14.7 Å². The van der Waals surface area contributed by atoms with E-state index < -0.39 is 4.92 Å². The minimum atomic E-state index is -0.474. The third-order valence-corrected chi connectivity index (χ3v) is 6.48. The van der Waals surface area contributed by atoms with E-state index in [4.69, 9.17) is 22.1 Å². The molecular weight excluding hydrogens is 472 g/mol. The third kappa shape index (κ3) is 4.73. The van der Waals surface area contributed by atoms with Crippen LogP contribution in [-0.4, -0.2) is 43.0 Å². The molecule has 2 aromatic carbocycles.